The van der Waals surface area contributed by atoms with Gasteiger partial charge in [-0.1, -0.05) is 54.6 Å². The van der Waals surface area contributed by atoms with Gasteiger partial charge in [-0.05, 0) is 59.4 Å². The second kappa shape index (κ2) is 8.11. The van der Waals surface area contributed by atoms with E-state index in [-0.39, 0.29) is 17.7 Å². The summed E-state index contributed by atoms with van der Waals surface area (Å²) >= 11 is 0. The lowest BCUT2D eigenvalue weighted by molar-refractivity contribution is 0.423. The van der Waals surface area contributed by atoms with Crippen molar-refractivity contribution in [3.05, 3.63) is 102 Å². The Morgan fingerprint density at radius 1 is 1.03 bits per heavy atom. The zero-order valence-electron chi connectivity index (χ0n) is 17.8. The van der Waals surface area contributed by atoms with Gasteiger partial charge in [0.1, 0.15) is 5.75 Å². The third-order valence-corrected chi connectivity index (χ3v) is 8.34. The number of benzene rings is 3. The number of rotatable bonds is 5. The van der Waals surface area contributed by atoms with Crippen LogP contribution in [0.15, 0.2) is 89.8 Å². The maximum absolute atomic E-state index is 13.3. The van der Waals surface area contributed by atoms with E-state index in [0.717, 1.165) is 28.8 Å². The van der Waals surface area contributed by atoms with Crippen molar-refractivity contribution >= 4 is 15.7 Å². The molecule has 3 aromatic rings. The number of aromatic hydroxyl groups is 1. The van der Waals surface area contributed by atoms with E-state index in [1.54, 1.807) is 25.2 Å². The first-order valence-corrected chi connectivity index (χ1v) is 12.2. The van der Waals surface area contributed by atoms with Gasteiger partial charge in [-0.2, -0.15) is 4.31 Å². The average molecular weight is 447 g/mol. The summed E-state index contributed by atoms with van der Waals surface area (Å²) in [7, 11) is -1.99. The average Bonchev–Trinajstić information content (AvgIpc) is 3.30. The maximum atomic E-state index is 13.3. The van der Waals surface area contributed by atoms with E-state index in [4.69, 9.17) is 0 Å². The number of sulfonamides is 1. The number of nitrogens with one attached hydrogen (secondary N) is 1. The summed E-state index contributed by atoms with van der Waals surface area (Å²) < 4.78 is 28.0. The minimum Gasteiger partial charge on any atom is -0.508 e. The summed E-state index contributed by atoms with van der Waals surface area (Å²) in [4.78, 5) is 0.318. The molecular formula is C26H26N2O3S. The second-order valence-corrected chi connectivity index (χ2v) is 10.6. The Hall–Kier alpha value is -3.09. The van der Waals surface area contributed by atoms with Crippen molar-refractivity contribution in [1.82, 2.24) is 4.31 Å². The minimum atomic E-state index is -3.62. The van der Waals surface area contributed by atoms with E-state index in [2.05, 4.69) is 17.5 Å². The fourth-order valence-electron chi connectivity index (χ4n) is 4.85. The van der Waals surface area contributed by atoms with E-state index < -0.39 is 10.0 Å². The maximum Gasteiger partial charge on any atom is 0.243 e. The first kappa shape index (κ1) is 20.8. The highest BCUT2D eigenvalue weighted by atomic mass is 32.2. The van der Waals surface area contributed by atoms with Crippen molar-refractivity contribution in [2.45, 2.75) is 29.8 Å². The molecule has 1 aliphatic carbocycles. The molecule has 0 radical (unpaired) electrons. The summed E-state index contributed by atoms with van der Waals surface area (Å²) in [5, 5.41) is 13.3. The van der Waals surface area contributed by atoms with Crippen LogP contribution in [0.3, 0.4) is 0 Å². The first-order chi connectivity index (χ1) is 15.4. The largest absolute Gasteiger partial charge is 0.508 e. The van der Waals surface area contributed by atoms with Crippen molar-refractivity contribution < 1.29 is 13.5 Å². The Labute approximate surface area is 189 Å². The van der Waals surface area contributed by atoms with Crippen LogP contribution in [0.1, 0.15) is 35.1 Å². The van der Waals surface area contributed by atoms with Crippen LogP contribution in [0.25, 0.3) is 0 Å². The molecule has 0 spiro atoms. The van der Waals surface area contributed by atoms with Gasteiger partial charge >= 0.3 is 0 Å². The molecule has 2 N–H and O–H groups in total. The van der Waals surface area contributed by atoms with Crippen LogP contribution in [0.5, 0.6) is 5.75 Å². The van der Waals surface area contributed by atoms with E-state index in [1.165, 1.54) is 4.31 Å². The van der Waals surface area contributed by atoms with Gasteiger partial charge in [0.25, 0.3) is 0 Å². The summed E-state index contributed by atoms with van der Waals surface area (Å²) in [6.45, 7) is 0.327. The molecule has 0 saturated heterocycles. The van der Waals surface area contributed by atoms with E-state index >= 15 is 0 Å². The molecular weight excluding hydrogens is 420 g/mol. The minimum absolute atomic E-state index is 0.103. The van der Waals surface area contributed by atoms with Crippen LogP contribution in [-0.2, 0) is 16.6 Å². The predicted molar refractivity (Wildman–Crippen MR) is 126 cm³/mol. The first-order valence-electron chi connectivity index (χ1n) is 10.8. The summed E-state index contributed by atoms with van der Waals surface area (Å²) in [5.41, 5.74) is 4.05. The fraction of sp³-hybridized carbons (Fsp3) is 0.231. The fourth-order valence-corrected chi connectivity index (χ4v) is 6.04. The van der Waals surface area contributed by atoms with Crippen LogP contribution >= 0.6 is 0 Å². The number of fused-ring (bicyclic) bond motifs is 3. The lowest BCUT2D eigenvalue weighted by Crippen LogP contribution is -2.30. The van der Waals surface area contributed by atoms with Crippen molar-refractivity contribution in [1.29, 1.82) is 0 Å². The smallest absolute Gasteiger partial charge is 0.243 e. The van der Waals surface area contributed by atoms with E-state index in [1.807, 2.05) is 54.6 Å². The molecule has 5 nitrogen and oxygen atoms in total. The standard InChI is InChI=1S/C26H26N2O3S/c1-28(17-18-6-3-2-4-7-18)32(30,31)21-14-15-25-24(16-21)22-8-5-9-23(22)26(27-25)19-10-12-20(29)13-11-19/h2-8,10-16,22-23,26-27,29H,9,17H2,1H3. The molecule has 0 aromatic heterocycles. The van der Waals surface area contributed by atoms with Gasteiger partial charge in [-0.25, -0.2) is 8.42 Å². The number of hydrogen-bond donors (Lipinski definition) is 2. The van der Waals surface area contributed by atoms with Crippen LogP contribution in [0, 0.1) is 5.92 Å². The Balaban J connectivity index is 1.46. The van der Waals surface area contributed by atoms with Crippen LogP contribution in [0.2, 0.25) is 0 Å². The summed E-state index contributed by atoms with van der Waals surface area (Å²) in [5.74, 6) is 0.701. The predicted octanol–water partition coefficient (Wildman–Crippen LogP) is 5.04. The van der Waals surface area contributed by atoms with Crippen molar-refractivity contribution in [3.8, 4) is 5.75 Å². The number of anilines is 1. The van der Waals surface area contributed by atoms with Gasteiger partial charge < -0.3 is 10.4 Å². The van der Waals surface area contributed by atoms with Crippen molar-refractivity contribution in [2.75, 3.05) is 12.4 Å². The van der Waals surface area contributed by atoms with E-state index in [9.17, 15) is 13.5 Å². The zero-order valence-corrected chi connectivity index (χ0v) is 18.7. The molecule has 32 heavy (non-hydrogen) atoms. The molecule has 0 saturated carbocycles. The third-order valence-electron chi connectivity index (χ3n) is 6.54. The molecule has 3 unspecified atom stereocenters. The van der Waals surface area contributed by atoms with Crippen LogP contribution < -0.4 is 5.32 Å². The topological polar surface area (TPSA) is 69.6 Å². The molecule has 0 bridgehead atoms. The number of nitrogens with zero attached hydrogens (tertiary/aromatic N) is 1. The molecule has 1 heterocycles. The third kappa shape index (κ3) is 3.70. The number of allylic oxidation sites excluding steroid dienone is 2. The molecule has 3 atom stereocenters. The molecule has 0 amide bonds. The van der Waals surface area contributed by atoms with Gasteiger partial charge in [0.05, 0.1) is 10.9 Å². The second-order valence-electron chi connectivity index (χ2n) is 8.56. The SMILES string of the molecule is CN(Cc1ccccc1)S(=O)(=O)c1ccc2c(c1)C1C=CCC1C(c1ccc(O)cc1)N2. The number of phenolic OH excluding ortho intramolecular Hbond substituents is 1. The Morgan fingerprint density at radius 2 is 1.78 bits per heavy atom. The highest BCUT2D eigenvalue weighted by Crippen LogP contribution is 2.50. The molecule has 5 rings (SSSR count). The van der Waals surface area contributed by atoms with Gasteiger partial charge in [0, 0.05) is 25.2 Å². The molecule has 6 heteroatoms. The number of hydrogen-bond acceptors (Lipinski definition) is 4. The molecule has 1 aliphatic heterocycles. The van der Waals surface area contributed by atoms with Gasteiger partial charge in [0.15, 0.2) is 0 Å². The van der Waals surface area contributed by atoms with Crippen LogP contribution in [0.4, 0.5) is 5.69 Å². The van der Waals surface area contributed by atoms with Gasteiger partial charge in [0.2, 0.25) is 10.0 Å². The normalized spacial score (nSPS) is 21.8. The summed E-state index contributed by atoms with van der Waals surface area (Å²) in [6, 6.07) is 22.4. The Morgan fingerprint density at radius 3 is 2.53 bits per heavy atom. The lowest BCUT2D eigenvalue weighted by atomic mass is 9.77. The highest BCUT2D eigenvalue weighted by Gasteiger charge is 2.38. The molecule has 164 valence electrons. The molecule has 2 aliphatic rings. The molecule has 0 fully saturated rings. The van der Waals surface area contributed by atoms with Crippen molar-refractivity contribution in [3.63, 3.8) is 0 Å². The quantitative estimate of drug-likeness (QED) is 0.539. The lowest BCUT2D eigenvalue weighted by Gasteiger charge is -2.37. The summed E-state index contributed by atoms with van der Waals surface area (Å²) in [6.07, 6.45) is 5.30. The number of phenols is 1. The monoisotopic (exact) mass is 446 g/mol. The molecule has 3 aromatic carbocycles. The van der Waals surface area contributed by atoms with Gasteiger partial charge in [-0.3, -0.25) is 0 Å². The Bertz CT molecular complexity index is 1250. The van der Waals surface area contributed by atoms with E-state index in [0.29, 0.717) is 17.4 Å². The Kier molecular flexibility index (Phi) is 5.27. The van der Waals surface area contributed by atoms with Gasteiger partial charge in [-0.15, -0.1) is 0 Å². The highest BCUT2D eigenvalue weighted by molar-refractivity contribution is 7.89. The van der Waals surface area contributed by atoms with Crippen molar-refractivity contribution in [2.24, 2.45) is 5.92 Å². The zero-order chi connectivity index (χ0) is 22.3. The van der Waals surface area contributed by atoms with Crippen LogP contribution in [-0.4, -0.2) is 24.9 Å².